The van der Waals surface area contributed by atoms with Crippen LogP contribution in [0, 0.1) is 10.1 Å². The van der Waals surface area contributed by atoms with Crippen LogP contribution in [0.25, 0.3) is 0 Å². The number of non-ortho nitro benzene ring substituents is 1. The molecule has 0 bridgehead atoms. The van der Waals surface area contributed by atoms with Crippen molar-refractivity contribution < 1.29 is 14.5 Å². The van der Waals surface area contributed by atoms with Crippen molar-refractivity contribution in [3.05, 3.63) is 33.9 Å². The molecule has 0 fully saturated rings. The summed E-state index contributed by atoms with van der Waals surface area (Å²) in [5, 5.41) is 14.2. The van der Waals surface area contributed by atoms with Gasteiger partial charge >= 0.3 is 6.03 Å². The zero-order valence-corrected chi connectivity index (χ0v) is 9.62. The number of carbonyl (C=O) groups excluding carboxylic acids is 1. The Labute approximate surface area is 103 Å². The minimum atomic E-state index is -0.824. The molecule has 0 saturated carbocycles. The van der Waals surface area contributed by atoms with Crippen LogP contribution in [0.3, 0.4) is 0 Å². The molecule has 0 saturated heterocycles. The molecule has 0 unspecified atom stereocenters. The SMILES string of the molecule is CCOc1ccc([N+](=O)[O-])cc1/C=N/NC(N)=O. The van der Waals surface area contributed by atoms with E-state index in [0.717, 1.165) is 0 Å². The van der Waals surface area contributed by atoms with Gasteiger partial charge in [0.25, 0.3) is 5.69 Å². The summed E-state index contributed by atoms with van der Waals surface area (Å²) in [5.41, 5.74) is 7.10. The maximum Gasteiger partial charge on any atom is 0.332 e. The van der Waals surface area contributed by atoms with Gasteiger partial charge in [0, 0.05) is 17.7 Å². The van der Waals surface area contributed by atoms with Crippen molar-refractivity contribution in [1.29, 1.82) is 0 Å². The second kappa shape index (κ2) is 6.18. The molecule has 18 heavy (non-hydrogen) atoms. The number of nitro benzene ring substituents is 1. The normalized spacial score (nSPS) is 10.3. The molecule has 0 aliphatic carbocycles. The van der Waals surface area contributed by atoms with Crippen LogP contribution in [-0.4, -0.2) is 23.8 Å². The predicted octanol–water partition coefficient (Wildman–Crippen LogP) is 0.996. The van der Waals surface area contributed by atoms with Crippen LogP contribution in [-0.2, 0) is 0 Å². The molecular weight excluding hydrogens is 240 g/mol. The number of hydrogen-bond acceptors (Lipinski definition) is 5. The van der Waals surface area contributed by atoms with Crippen molar-refractivity contribution in [3.63, 3.8) is 0 Å². The Morgan fingerprint density at radius 2 is 2.39 bits per heavy atom. The highest BCUT2D eigenvalue weighted by molar-refractivity contribution is 5.85. The molecule has 0 heterocycles. The molecule has 8 heteroatoms. The number of primary amides is 1. The summed E-state index contributed by atoms with van der Waals surface area (Å²) in [7, 11) is 0. The lowest BCUT2D eigenvalue weighted by Crippen LogP contribution is -2.24. The quantitative estimate of drug-likeness (QED) is 0.461. The molecule has 2 amide bonds. The predicted molar refractivity (Wildman–Crippen MR) is 64.6 cm³/mol. The van der Waals surface area contributed by atoms with E-state index in [1.165, 1.54) is 24.4 Å². The molecular formula is C10H12N4O4. The van der Waals surface area contributed by atoms with E-state index < -0.39 is 11.0 Å². The number of hydrazone groups is 1. The lowest BCUT2D eigenvalue weighted by molar-refractivity contribution is -0.384. The smallest absolute Gasteiger partial charge is 0.332 e. The van der Waals surface area contributed by atoms with Crippen molar-refractivity contribution in [2.75, 3.05) is 6.61 Å². The van der Waals surface area contributed by atoms with Gasteiger partial charge in [0.1, 0.15) is 5.75 Å². The molecule has 1 aromatic carbocycles. The highest BCUT2D eigenvalue weighted by Crippen LogP contribution is 2.22. The number of nitrogens with zero attached hydrogens (tertiary/aromatic N) is 2. The number of nitrogens with two attached hydrogens (primary N) is 1. The second-order valence-electron chi connectivity index (χ2n) is 3.15. The third-order valence-corrected chi connectivity index (χ3v) is 1.88. The number of nitrogens with one attached hydrogen (secondary N) is 1. The maximum absolute atomic E-state index is 10.6. The van der Waals surface area contributed by atoms with E-state index >= 15 is 0 Å². The fourth-order valence-corrected chi connectivity index (χ4v) is 1.20. The van der Waals surface area contributed by atoms with Crippen LogP contribution in [0.1, 0.15) is 12.5 Å². The van der Waals surface area contributed by atoms with Crippen LogP contribution >= 0.6 is 0 Å². The lowest BCUT2D eigenvalue weighted by Gasteiger charge is -2.06. The lowest BCUT2D eigenvalue weighted by atomic mass is 10.2. The monoisotopic (exact) mass is 252 g/mol. The van der Waals surface area contributed by atoms with E-state index in [1.807, 2.05) is 5.43 Å². The average molecular weight is 252 g/mol. The highest BCUT2D eigenvalue weighted by Gasteiger charge is 2.10. The van der Waals surface area contributed by atoms with Gasteiger partial charge in [0.05, 0.1) is 17.7 Å². The maximum atomic E-state index is 10.6. The highest BCUT2D eigenvalue weighted by atomic mass is 16.6. The first-order chi connectivity index (χ1) is 8.54. The van der Waals surface area contributed by atoms with Gasteiger partial charge in [-0.2, -0.15) is 5.10 Å². The Kier molecular flexibility index (Phi) is 4.61. The number of carbonyl (C=O) groups is 1. The third kappa shape index (κ3) is 3.74. The van der Waals surface area contributed by atoms with Crippen LogP contribution in [0.15, 0.2) is 23.3 Å². The molecule has 0 spiro atoms. The Hall–Kier alpha value is -2.64. The first kappa shape index (κ1) is 13.4. The Balaban J connectivity index is 3.02. The molecule has 0 aliphatic rings. The summed E-state index contributed by atoms with van der Waals surface area (Å²) >= 11 is 0. The van der Waals surface area contributed by atoms with Crippen LogP contribution in [0.5, 0.6) is 5.75 Å². The van der Waals surface area contributed by atoms with Crippen LogP contribution < -0.4 is 15.9 Å². The van der Waals surface area contributed by atoms with Crippen LogP contribution in [0.2, 0.25) is 0 Å². The Morgan fingerprint density at radius 3 is 2.94 bits per heavy atom. The van der Waals surface area contributed by atoms with E-state index in [1.54, 1.807) is 6.92 Å². The number of benzene rings is 1. The van der Waals surface area contributed by atoms with Crippen LogP contribution in [0.4, 0.5) is 10.5 Å². The fraction of sp³-hybridized carbons (Fsp3) is 0.200. The summed E-state index contributed by atoms with van der Waals surface area (Å²) in [4.78, 5) is 20.5. The number of amides is 2. The van der Waals surface area contributed by atoms with Gasteiger partial charge in [-0.15, -0.1) is 0 Å². The van der Waals surface area contributed by atoms with E-state index in [2.05, 4.69) is 5.10 Å². The van der Waals surface area contributed by atoms with E-state index in [4.69, 9.17) is 10.5 Å². The summed E-state index contributed by atoms with van der Waals surface area (Å²) in [6.07, 6.45) is 1.22. The Bertz CT molecular complexity index is 487. The summed E-state index contributed by atoms with van der Waals surface area (Å²) in [6.45, 7) is 2.19. The molecule has 0 atom stereocenters. The number of rotatable bonds is 5. The first-order valence-electron chi connectivity index (χ1n) is 5.04. The number of ether oxygens (including phenoxy) is 1. The average Bonchev–Trinajstić information content (AvgIpc) is 2.30. The molecule has 1 aromatic rings. The summed E-state index contributed by atoms with van der Waals surface area (Å²) < 4.78 is 5.27. The van der Waals surface area contributed by atoms with E-state index in [0.29, 0.717) is 17.9 Å². The molecule has 0 radical (unpaired) electrons. The second-order valence-corrected chi connectivity index (χ2v) is 3.15. The van der Waals surface area contributed by atoms with Gasteiger partial charge in [0.2, 0.25) is 0 Å². The topological polar surface area (TPSA) is 120 Å². The van der Waals surface area contributed by atoms with Crippen molar-refractivity contribution in [3.8, 4) is 5.75 Å². The largest absolute Gasteiger partial charge is 0.493 e. The molecule has 8 nitrogen and oxygen atoms in total. The molecule has 3 N–H and O–H groups in total. The van der Waals surface area contributed by atoms with Gasteiger partial charge in [-0.05, 0) is 13.0 Å². The molecule has 1 rings (SSSR count). The number of nitro groups is 1. The molecule has 0 aromatic heterocycles. The third-order valence-electron chi connectivity index (χ3n) is 1.88. The van der Waals surface area contributed by atoms with Gasteiger partial charge in [-0.1, -0.05) is 0 Å². The van der Waals surface area contributed by atoms with Crippen molar-refractivity contribution >= 4 is 17.9 Å². The minimum Gasteiger partial charge on any atom is -0.493 e. The number of hydrogen-bond donors (Lipinski definition) is 2. The summed E-state index contributed by atoms with van der Waals surface area (Å²) in [6, 6.07) is 3.25. The fourth-order valence-electron chi connectivity index (χ4n) is 1.20. The molecule has 96 valence electrons. The van der Waals surface area contributed by atoms with Gasteiger partial charge < -0.3 is 10.5 Å². The minimum absolute atomic E-state index is 0.0982. The van der Waals surface area contributed by atoms with E-state index in [-0.39, 0.29) is 5.69 Å². The van der Waals surface area contributed by atoms with Gasteiger partial charge in [-0.3, -0.25) is 10.1 Å². The molecule has 0 aliphatic heterocycles. The zero-order chi connectivity index (χ0) is 13.5. The van der Waals surface area contributed by atoms with Crippen molar-refractivity contribution in [2.45, 2.75) is 6.92 Å². The van der Waals surface area contributed by atoms with E-state index in [9.17, 15) is 14.9 Å². The first-order valence-corrected chi connectivity index (χ1v) is 5.04. The summed E-state index contributed by atoms with van der Waals surface area (Å²) in [5.74, 6) is 0.429. The van der Waals surface area contributed by atoms with Crippen molar-refractivity contribution in [2.24, 2.45) is 10.8 Å². The Morgan fingerprint density at radius 1 is 1.67 bits per heavy atom. The number of urea groups is 1. The van der Waals surface area contributed by atoms with Crippen molar-refractivity contribution in [1.82, 2.24) is 5.43 Å². The van der Waals surface area contributed by atoms with Gasteiger partial charge in [-0.25, -0.2) is 10.2 Å². The van der Waals surface area contributed by atoms with Gasteiger partial charge in [0.15, 0.2) is 0 Å². The zero-order valence-electron chi connectivity index (χ0n) is 9.62. The standard InChI is InChI=1S/C10H12N4O4/c1-2-18-9-4-3-8(14(16)17)5-7(9)6-12-13-10(11)15/h3-6H,2H2,1H3,(H3,11,13,15)/b12-6+.